The van der Waals surface area contributed by atoms with E-state index in [1.54, 1.807) is 18.2 Å². The van der Waals surface area contributed by atoms with Crippen molar-refractivity contribution in [3.8, 4) is 0 Å². The fourth-order valence-electron chi connectivity index (χ4n) is 2.63. The van der Waals surface area contributed by atoms with Crippen molar-refractivity contribution in [1.82, 2.24) is 9.03 Å². The third kappa shape index (κ3) is 4.98. The number of aliphatic carboxylic acids is 1. The summed E-state index contributed by atoms with van der Waals surface area (Å²) < 4.78 is 41.5. The van der Waals surface area contributed by atoms with Crippen molar-refractivity contribution in [2.24, 2.45) is 5.92 Å². The Bertz CT molecular complexity index is 651. The van der Waals surface area contributed by atoms with Crippen LogP contribution in [-0.2, 0) is 21.4 Å². The molecule has 2 rings (SSSR count). The van der Waals surface area contributed by atoms with Crippen molar-refractivity contribution >= 4 is 16.2 Å². The molecular weight excluding hydrogens is 323 g/mol. The zero-order valence-corrected chi connectivity index (χ0v) is 13.6. The highest BCUT2D eigenvalue weighted by Crippen LogP contribution is 2.18. The second-order valence-electron chi connectivity index (χ2n) is 5.63. The first kappa shape index (κ1) is 17.8. The van der Waals surface area contributed by atoms with Crippen molar-refractivity contribution in [2.75, 3.05) is 19.6 Å². The van der Waals surface area contributed by atoms with Crippen LogP contribution in [0.1, 0.15) is 24.8 Å². The Morgan fingerprint density at radius 1 is 1.39 bits per heavy atom. The highest BCUT2D eigenvalue weighted by Gasteiger charge is 2.31. The van der Waals surface area contributed by atoms with Crippen LogP contribution in [0.4, 0.5) is 4.39 Å². The third-order valence-corrected chi connectivity index (χ3v) is 5.52. The number of piperidine rings is 1. The van der Waals surface area contributed by atoms with Crippen LogP contribution in [0.15, 0.2) is 24.3 Å². The van der Waals surface area contributed by atoms with Crippen LogP contribution in [0.5, 0.6) is 0 Å². The van der Waals surface area contributed by atoms with Crippen LogP contribution >= 0.6 is 0 Å². The molecule has 0 aromatic heterocycles. The lowest BCUT2D eigenvalue weighted by atomic mass is 10.0. The summed E-state index contributed by atoms with van der Waals surface area (Å²) in [6.45, 7) is 0.509. The molecule has 2 N–H and O–H groups in total. The first-order valence-corrected chi connectivity index (χ1v) is 9.05. The van der Waals surface area contributed by atoms with E-state index in [9.17, 15) is 17.6 Å². The van der Waals surface area contributed by atoms with Crippen LogP contribution < -0.4 is 4.72 Å². The molecule has 23 heavy (non-hydrogen) atoms. The SMILES string of the molecule is O=C(O)[C@H]1CCCN(S(=O)(=O)NCCCc2ccccc2F)C1. The number of halogens is 1. The average Bonchev–Trinajstić information content (AvgIpc) is 2.53. The molecular formula is C15H21FN2O4S. The molecule has 1 aromatic rings. The number of carbonyl (C=O) groups is 1. The normalized spacial score (nSPS) is 19.6. The van der Waals surface area contributed by atoms with Crippen molar-refractivity contribution in [2.45, 2.75) is 25.7 Å². The van der Waals surface area contributed by atoms with Gasteiger partial charge in [0.05, 0.1) is 5.92 Å². The van der Waals surface area contributed by atoms with E-state index in [0.717, 1.165) is 0 Å². The zero-order valence-electron chi connectivity index (χ0n) is 12.7. The molecule has 1 fully saturated rings. The van der Waals surface area contributed by atoms with E-state index < -0.39 is 22.1 Å². The van der Waals surface area contributed by atoms with Crippen molar-refractivity contribution < 1.29 is 22.7 Å². The highest BCUT2D eigenvalue weighted by atomic mass is 32.2. The molecule has 0 radical (unpaired) electrons. The summed E-state index contributed by atoms with van der Waals surface area (Å²) in [7, 11) is -3.69. The van der Waals surface area contributed by atoms with Gasteiger partial charge in [-0.3, -0.25) is 4.79 Å². The van der Waals surface area contributed by atoms with Crippen LogP contribution in [0.2, 0.25) is 0 Å². The molecule has 0 spiro atoms. The van der Waals surface area contributed by atoms with Gasteiger partial charge in [0.15, 0.2) is 0 Å². The van der Waals surface area contributed by atoms with Gasteiger partial charge in [-0.2, -0.15) is 12.7 Å². The van der Waals surface area contributed by atoms with Gasteiger partial charge < -0.3 is 5.11 Å². The molecule has 128 valence electrons. The summed E-state index contributed by atoms with van der Waals surface area (Å²) in [6, 6.07) is 6.39. The summed E-state index contributed by atoms with van der Waals surface area (Å²) in [4.78, 5) is 11.0. The molecule has 1 aliphatic rings. The van der Waals surface area contributed by atoms with Gasteiger partial charge in [0.25, 0.3) is 10.2 Å². The predicted molar refractivity (Wildman–Crippen MR) is 83.6 cm³/mol. The number of hydrogen-bond donors (Lipinski definition) is 2. The van der Waals surface area contributed by atoms with E-state index in [4.69, 9.17) is 5.11 Å². The number of nitrogens with one attached hydrogen (secondary N) is 1. The van der Waals surface area contributed by atoms with Gasteiger partial charge in [-0.25, -0.2) is 9.11 Å². The largest absolute Gasteiger partial charge is 0.481 e. The molecule has 0 aliphatic carbocycles. The van der Waals surface area contributed by atoms with Crippen molar-refractivity contribution in [3.05, 3.63) is 35.6 Å². The van der Waals surface area contributed by atoms with Crippen molar-refractivity contribution in [1.29, 1.82) is 0 Å². The van der Waals surface area contributed by atoms with Gasteiger partial charge in [-0.15, -0.1) is 0 Å². The van der Waals surface area contributed by atoms with Crippen LogP contribution in [0, 0.1) is 11.7 Å². The monoisotopic (exact) mass is 344 g/mol. The van der Waals surface area contributed by atoms with Gasteiger partial charge in [-0.05, 0) is 37.3 Å². The lowest BCUT2D eigenvalue weighted by molar-refractivity contribution is -0.142. The molecule has 1 saturated heterocycles. The predicted octanol–water partition coefficient (Wildman–Crippen LogP) is 1.39. The first-order valence-electron chi connectivity index (χ1n) is 7.61. The molecule has 1 aliphatic heterocycles. The fraction of sp³-hybridized carbons (Fsp3) is 0.533. The van der Waals surface area contributed by atoms with E-state index >= 15 is 0 Å². The summed E-state index contributed by atoms with van der Waals surface area (Å²) in [5, 5.41) is 9.01. The molecule has 0 amide bonds. The summed E-state index contributed by atoms with van der Waals surface area (Å²) >= 11 is 0. The molecule has 1 heterocycles. The molecule has 0 unspecified atom stereocenters. The Kier molecular flexibility index (Phi) is 6.09. The van der Waals surface area contributed by atoms with E-state index in [1.165, 1.54) is 10.4 Å². The Labute approximate surface area is 135 Å². The number of hydrogen-bond acceptors (Lipinski definition) is 3. The number of carboxylic acids is 1. The van der Waals surface area contributed by atoms with E-state index in [1.807, 2.05) is 0 Å². The van der Waals surface area contributed by atoms with Gasteiger partial charge in [0.1, 0.15) is 5.82 Å². The maximum absolute atomic E-state index is 13.5. The number of rotatable bonds is 7. The first-order chi connectivity index (χ1) is 10.9. The second kappa shape index (κ2) is 7.85. The summed E-state index contributed by atoms with van der Waals surface area (Å²) in [5.74, 6) is -1.92. The minimum absolute atomic E-state index is 0.00200. The molecule has 0 bridgehead atoms. The summed E-state index contributed by atoms with van der Waals surface area (Å²) in [6.07, 6.45) is 1.94. The molecule has 8 heteroatoms. The number of carboxylic acid groups (broad SMARTS) is 1. The number of aryl methyl sites for hydroxylation is 1. The number of nitrogens with zero attached hydrogens (tertiary/aromatic N) is 1. The summed E-state index contributed by atoms with van der Waals surface area (Å²) in [5.41, 5.74) is 0.551. The van der Waals surface area contributed by atoms with Crippen molar-refractivity contribution in [3.63, 3.8) is 0 Å². The zero-order chi connectivity index (χ0) is 16.9. The fourth-order valence-corrected chi connectivity index (χ4v) is 3.97. The minimum Gasteiger partial charge on any atom is -0.481 e. The minimum atomic E-state index is -3.69. The quantitative estimate of drug-likeness (QED) is 0.732. The molecule has 1 aromatic carbocycles. The highest BCUT2D eigenvalue weighted by molar-refractivity contribution is 7.87. The van der Waals surface area contributed by atoms with Gasteiger partial charge >= 0.3 is 5.97 Å². The second-order valence-corrected chi connectivity index (χ2v) is 7.38. The lowest BCUT2D eigenvalue weighted by Crippen LogP contribution is -2.47. The smallest absolute Gasteiger partial charge is 0.307 e. The average molecular weight is 344 g/mol. The van der Waals surface area contributed by atoms with Crippen LogP contribution in [0.25, 0.3) is 0 Å². The van der Waals surface area contributed by atoms with Gasteiger partial charge in [0, 0.05) is 19.6 Å². The maximum Gasteiger partial charge on any atom is 0.307 e. The van der Waals surface area contributed by atoms with Crippen LogP contribution in [-0.4, -0.2) is 43.4 Å². The Morgan fingerprint density at radius 3 is 2.83 bits per heavy atom. The number of benzene rings is 1. The third-order valence-electron chi connectivity index (χ3n) is 3.94. The molecule has 6 nitrogen and oxygen atoms in total. The molecule has 1 atom stereocenters. The Balaban J connectivity index is 1.82. The van der Waals surface area contributed by atoms with E-state index in [0.29, 0.717) is 37.8 Å². The van der Waals surface area contributed by atoms with Gasteiger partial charge in [0.2, 0.25) is 0 Å². The Morgan fingerprint density at radius 2 is 2.13 bits per heavy atom. The van der Waals surface area contributed by atoms with E-state index in [2.05, 4.69) is 4.72 Å². The Hall–Kier alpha value is -1.51. The standard InChI is InChI=1S/C15H21FN2O4S/c16-14-8-2-1-5-12(14)6-3-9-17-23(21,22)18-10-4-7-13(11-18)15(19)20/h1-2,5,8,13,17H,3-4,6-7,9-11H2,(H,19,20)/t13-/m0/s1. The van der Waals surface area contributed by atoms with E-state index in [-0.39, 0.29) is 18.9 Å². The lowest BCUT2D eigenvalue weighted by Gasteiger charge is -2.29. The molecule has 0 saturated carbocycles. The topological polar surface area (TPSA) is 86.7 Å². The van der Waals surface area contributed by atoms with Crippen LogP contribution in [0.3, 0.4) is 0 Å². The maximum atomic E-state index is 13.5. The van der Waals surface area contributed by atoms with Gasteiger partial charge in [-0.1, -0.05) is 18.2 Å².